The third kappa shape index (κ3) is 6.90. The Hall–Kier alpha value is -4.19. The molecule has 1 aliphatic rings. The number of nitrogens with zero attached hydrogens (tertiary/aromatic N) is 3. The van der Waals surface area contributed by atoms with Crippen LogP contribution in [0.1, 0.15) is 31.1 Å². The number of ether oxygens (including phenoxy) is 1. The van der Waals surface area contributed by atoms with E-state index in [1.807, 2.05) is 0 Å². The first-order chi connectivity index (χ1) is 20.3. The number of anilines is 1. The standard InChI is InChI=1S/C31H31ClN4O6S/c1-31(2,3)42-30(38)33-28-20-25(12-13-36(28)39)21-4-6-22(7-5-21)29(37)34-14-16-35(17-15-34)43(40,41)27-11-9-23-18-26(32)10-8-24(23)19-27/h4-13,18-20H,14-17H2,1-3H3,(H,33,38). The van der Waals surface area contributed by atoms with Crippen molar-refractivity contribution in [2.75, 3.05) is 31.5 Å². The van der Waals surface area contributed by atoms with Crippen LogP contribution in [-0.2, 0) is 14.8 Å². The van der Waals surface area contributed by atoms with Crippen LogP contribution in [0.25, 0.3) is 21.9 Å². The molecule has 12 heteroatoms. The molecule has 0 saturated carbocycles. The molecule has 43 heavy (non-hydrogen) atoms. The van der Waals surface area contributed by atoms with E-state index < -0.39 is 21.7 Å². The molecule has 1 fully saturated rings. The summed E-state index contributed by atoms with van der Waals surface area (Å²) in [7, 11) is -3.73. The van der Waals surface area contributed by atoms with Gasteiger partial charge in [-0.25, -0.2) is 13.1 Å². The summed E-state index contributed by atoms with van der Waals surface area (Å²) >= 11 is 6.05. The van der Waals surface area contributed by atoms with Crippen LogP contribution in [0.3, 0.4) is 0 Å². The minimum atomic E-state index is -3.73. The number of amides is 2. The zero-order valence-corrected chi connectivity index (χ0v) is 25.5. The Morgan fingerprint density at radius 2 is 1.53 bits per heavy atom. The maximum Gasteiger partial charge on any atom is 0.505 e. The van der Waals surface area contributed by atoms with Crippen LogP contribution in [0, 0.1) is 5.21 Å². The number of rotatable bonds is 5. The molecule has 0 bridgehead atoms. The summed E-state index contributed by atoms with van der Waals surface area (Å²) in [6, 6.07) is 20.2. The van der Waals surface area contributed by atoms with Gasteiger partial charge in [0.25, 0.3) is 11.7 Å². The molecule has 1 aromatic heterocycles. The van der Waals surface area contributed by atoms with Gasteiger partial charge in [-0.05, 0) is 85.1 Å². The number of hydrogen-bond acceptors (Lipinski definition) is 6. The quantitative estimate of drug-likeness (QED) is 0.238. The van der Waals surface area contributed by atoms with Gasteiger partial charge in [0.1, 0.15) is 5.60 Å². The molecule has 0 aliphatic carbocycles. The van der Waals surface area contributed by atoms with E-state index in [2.05, 4.69) is 5.32 Å². The van der Waals surface area contributed by atoms with E-state index in [1.54, 1.807) is 92.4 Å². The average Bonchev–Trinajstić information content (AvgIpc) is 2.97. The average molecular weight is 623 g/mol. The fraction of sp³-hybridized carbons (Fsp3) is 0.258. The molecule has 0 spiro atoms. The third-order valence-corrected chi connectivity index (χ3v) is 9.08. The number of sulfonamides is 1. The predicted octanol–water partition coefficient (Wildman–Crippen LogP) is 5.29. The van der Waals surface area contributed by atoms with Crippen molar-refractivity contribution in [1.82, 2.24) is 9.21 Å². The van der Waals surface area contributed by atoms with Crippen LogP contribution in [-0.4, -0.2) is 61.4 Å². The molecule has 4 aromatic rings. The highest BCUT2D eigenvalue weighted by atomic mass is 35.5. The second-order valence-electron chi connectivity index (χ2n) is 11.2. The Morgan fingerprint density at radius 3 is 2.21 bits per heavy atom. The molecule has 1 saturated heterocycles. The van der Waals surface area contributed by atoms with Crippen LogP contribution in [0.4, 0.5) is 10.6 Å². The lowest BCUT2D eigenvalue weighted by Gasteiger charge is -2.34. The van der Waals surface area contributed by atoms with Crippen molar-refractivity contribution in [2.24, 2.45) is 0 Å². The molecular formula is C31H31ClN4O6S. The first kappa shape index (κ1) is 30.3. The Balaban J connectivity index is 1.23. The molecule has 0 atom stereocenters. The van der Waals surface area contributed by atoms with Gasteiger partial charge in [0.2, 0.25) is 10.0 Å². The molecule has 5 rings (SSSR count). The van der Waals surface area contributed by atoms with Crippen molar-refractivity contribution >= 4 is 50.2 Å². The van der Waals surface area contributed by atoms with Crippen molar-refractivity contribution in [2.45, 2.75) is 31.3 Å². The largest absolute Gasteiger partial charge is 0.711 e. The summed E-state index contributed by atoms with van der Waals surface area (Å²) in [6.07, 6.45) is 0.535. The molecule has 0 radical (unpaired) electrons. The van der Waals surface area contributed by atoms with Crippen LogP contribution in [0.5, 0.6) is 0 Å². The summed E-state index contributed by atoms with van der Waals surface area (Å²) in [6.45, 7) is 6.04. The number of fused-ring (bicyclic) bond motifs is 1. The predicted molar refractivity (Wildman–Crippen MR) is 164 cm³/mol. The van der Waals surface area contributed by atoms with Gasteiger partial charge in [-0.15, -0.1) is 0 Å². The van der Waals surface area contributed by atoms with Gasteiger partial charge in [-0.2, -0.15) is 14.4 Å². The lowest BCUT2D eigenvalue weighted by atomic mass is 10.0. The number of aromatic nitrogens is 1. The molecule has 3 aromatic carbocycles. The summed E-state index contributed by atoms with van der Waals surface area (Å²) < 4.78 is 33.8. The number of benzene rings is 3. The van der Waals surface area contributed by atoms with Crippen LogP contribution in [0.15, 0.2) is 83.9 Å². The Bertz CT molecular complexity index is 1800. The third-order valence-electron chi connectivity index (χ3n) is 6.95. The summed E-state index contributed by atoms with van der Waals surface area (Å²) in [5.74, 6) is -0.197. The topological polar surface area (TPSA) is 123 Å². The van der Waals surface area contributed by atoms with Gasteiger partial charge in [0.05, 0.1) is 11.1 Å². The number of carbonyl (C=O) groups is 2. The molecule has 2 heterocycles. The number of carbonyl (C=O) groups excluding carboxylic acids is 2. The van der Waals surface area contributed by atoms with E-state index in [4.69, 9.17) is 16.3 Å². The van der Waals surface area contributed by atoms with Crippen molar-refractivity contribution in [3.63, 3.8) is 0 Å². The SMILES string of the molecule is CC(C)(C)OC(=O)Nc1cc(-c2ccc(C(=O)N3CCN(S(=O)(=O)c4ccc5cc(Cl)ccc5c4)CC3)cc2)cc[n+]1[O-]. The Morgan fingerprint density at radius 1 is 0.884 bits per heavy atom. The molecular weight excluding hydrogens is 592 g/mol. The molecule has 224 valence electrons. The van der Waals surface area contributed by atoms with Crippen molar-refractivity contribution in [3.8, 4) is 11.1 Å². The van der Waals surface area contributed by atoms with E-state index in [-0.39, 0.29) is 42.8 Å². The van der Waals surface area contributed by atoms with Crippen LogP contribution >= 0.6 is 11.6 Å². The summed E-state index contributed by atoms with van der Waals surface area (Å²) in [5, 5.41) is 16.9. The smallest absolute Gasteiger partial charge is 0.505 e. The molecule has 2 amide bonds. The van der Waals surface area contributed by atoms with Gasteiger partial charge in [-0.3, -0.25) is 4.79 Å². The Kier molecular flexibility index (Phi) is 8.33. The molecule has 1 aliphatic heterocycles. The van der Waals surface area contributed by atoms with Gasteiger partial charge in [-0.1, -0.05) is 35.9 Å². The zero-order valence-electron chi connectivity index (χ0n) is 23.9. The highest BCUT2D eigenvalue weighted by Gasteiger charge is 2.30. The van der Waals surface area contributed by atoms with Gasteiger partial charge >= 0.3 is 6.09 Å². The molecule has 1 N–H and O–H groups in total. The zero-order chi connectivity index (χ0) is 30.9. The fourth-order valence-electron chi connectivity index (χ4n) is 4.79. The highest BCUT2D eigenvalue weighted by Crippen LogP contribution is 2.26. The van der Waals surface area contributed by atoms with E-state index in [1.165, 1.54) is 16.6 Å². The number of hydrogen-bond donors (Lipinski definition) is 1. The molecule has 0 unspecified atom stereocenters. The summed E-state index contributed by atoms with van der Waals surface area (Å²) in [4.78, 5) is 27.2. The number of piperazine rings is 1. The normalized spacial score (nSPS) is 14.5. The number of nitrogens with one attached hydrogen (secondary N) is 1. The highest BCUT2D eigenvalue weighted by molar-refractivity contribution is 7.89. The van der Waals surface area contributed by atoms with Gasteiger partial charge in [0, 0.05) is 42.8 Å². The maximum absolute atomic E-state index is 13.3. The van der Waals surface area contributed by atoms with E-state index in [9.17, 15) is 23.2 Å². The minimum Gasteiger partial charge on any atom is -0.711 e. The van der Waals surface area contributed by atoms with Crippen molar-refractivity contribution in [3.05, 3.63) is 94.8 Å². The van der Waals surface area contributed by atoms with Crippen molar-refractivity contribution < 1.29 is 27.5 Å². The minimum absolute atomic E-state index is 0.00723. The number of halogens is 1. The fourth-order valence-corrected chi connectivity index (χ4v) is 6.43. The van der Waals surface area contributed by atoms with Crippen LogP contribution in [0.2, 0.25) is 5.02 Å². The number of pyridine rings is 1. The second kappa shape index (κ2) is 11.8. The van der Waals surface area contributed by atoms with Crippen LogP contribution < -0.4 is 10.0 Å². The first-order valence-electron chi connectivity index (χ1n) is 13.6. The lowest BCUT2D eigenvalue weighted by molar-refractivity contribution is -0.589. The van der Waals surface area contributed by atoms with Gasteiger partial charge < -0.3 is 14.8 Å². The van der Waals surface area contributed by atoms with Gasteiger partial charge in [0.15, 0.2) is 0 Å². The Labute approximate surface area is 255 Å². The monoisotopic (exact) mass is 622 g/mol. The van der Waals surface area contributed by atoms with E-state index in [0.29, 0.717) is 20.9 Å². The van der Waals surface area contributed by atoms with E-state index >= 15 is 0 Å². The summed E-state index contributed by atoms with van der Waals surface area (Å²) in [5.41, 5.74) is 1.13. The maximum atomic E-state index is 13.3. The molecule has 10 nitrogen and oxygen atoms in total. The van der Waals surface area contributed by atoms with E-state index in [0.717, 1.165) is 16.3 Å². The second-order valence-corrected chi connectivity index (χ2v) is 13.6. The lowest BCUT2D eigenvalue weighted by Crippen LogP contribution is -2.50. The van der Waals surface area contributed by atoms with Crippen molar-refractivity contribution in [1.29, 1.82) is 0 Å². The first-order valence-corrected chi connectivity index (χ1v) is 15.4.